The molecule has 84 valence electrons. The number of hydrogen-bond acceptors (Lipinski definition) is 3. The second kappa shape index (κ2) is 4.09. The maximum Gasteiger partial charge on any atom is 0.405 e. The summed E-state index contributed by atoms with van der Waals surface area (Å²) in [6, 6.07) is 2.65. The van der Waals surface area contributed by atoms with Gasteiger partial charge in [0, 0.05) is 6.42 Å². The Morgan fingerprint density at radius 2 is 2.38 bits per heavy atom. The van der Waals surface area contributed by atoms with E-state index in [1.165, 1.54) is 0 Å². The van der Waals surface area contributed by atoms with Gasteiger partial charge in [-0.25, -0.2) is 9.78 Å². The number of aromatic nitrogens is 1. The van der Waals surface area contributed by atoms with Gasteiger partial charge in [-0.2, -0.15) is 0 Å². The van der Waals surface area contributed by atoms with Crippen LogP contribution in [0.25, 0.3) is 0 Å². The predicted octanol–water partition coefficient (Wildman–Crippen LogP) is 0.975. The van der Waals surface area contributed by atoms with Crippen LogP contribution in [0.15, 0.2) is 16.7 Å². The molecule has 1 aliphatic rings. The Labute approximate surface area is 99.2 Å². The van der Waals surface area contributed by atoms with Gasteiger partial charge in [-0.3, -0.25) is 4.79 Å². The van der Waals surface area contributed by atoms with Gasteiger partial charge in [0.05, 0.1) is 11.4 Å². The maximum absolute atomic E-state index is 11.5. The molecule has 1 aromatic rings. The summed E-state index contributed by atoms with van der Waals surface area (Å²) in [5.41, 5.74) is 1.28. The molecule has 1 aliphatic heterocycles. The third kappa shape index (κ3) is 2.13. The van der Waals surface area contributed by atoms with Gasteiger partial charge in [-0.15, -0.1) is 0 Å². The van der Waals surface area contributed by atoms with E-state index in [4.69, 9.17) is 5.11 Å². The number of pyridine rings is 1. The highest BCUT2D eigenvalue weighted by atomic mass is 79.9. The minimum Gasteiger partial charge on any atom is -0.465 e. The van der Waals surface area contributed by atoms with Crippen LogP contribution in [0.3, 0.4) is 0 Å². The van der Waals surface area contributed by atoms with E-state index in [1.807, 2.05) is 0 Å². The monoisotopic (exact) mass is 285 g/mol. The smallest absolute Gasteiger partial charge is 0.405 e. The van der Waals surface area contributed by atoms with Crippen LogP contribution >= 0.6 is 15.9 Å². The molecule has 0 fully saturated rings. The van der Waals surface area contributed by atoms with Crippen LogP contribution in [0.5, 0.6) is 0 Å². The van der Waals surface area contributed by atoms with Gasteiger partial charge in [0.15, 0.2) is 0 Å². The van der Waals surface area contributed by atoms with Crippen molar-refractivity contribution in [2.75, 3.05) is 5.32 Å². The zero-order valence-electron chi connectivity index (χ0n) is 8.03. The first-order valence-electron chi connectivity index (χ1n) is 4.52. The Hall–Kier alpha value is -1.63. The summed E-state index contributed by atoms with van der Waals surface area (Å²) in [6.07, 6.45) is -0.967. The highest BCUT2D eigenvalue weighted by Crippen LogP contribution is 2.22. The predicted molar refractivity (Wildman–Crippen MR) is 59.2 cm³/mol. The molecule has 0 aromatic carbocycles. The normalized spacial score (nSPS) is 18.6. The molecule has 2 heterocycles. The number of nitrogens with zero attached hydrogens (tertiary/aromatic N) is 1. The molecule has 16 heavy (non-hydrogen) atoms. The molecule has 6 nitrogen and oxygen atoms in total. The fourth-order valence-electron chi connectivity index (χ4n) is 1.52. The molecule has 0 spiro atoms. The second-order valence-corrected chi connectivity index (χ2v) is 4.14. The Morgan fingerprint density at radius 3 is 3.06 bits per heavy atom. The number of carbonyl (C=O) groups is 2. The number of rotatable bonds is 1. The first kappa shape index (κ1) is 10.9. The molecular formula is C9H8BrN3O3. The van der Waals surface area contributed by atoms with Crippen LogP contribution in [-0.2, 0) is 11.2 Å². The van der Waals surface area contributed by atoms with Crippen LogP contribution in [0.1, 0.15) is 5.69 Å². The fraction of sp³-hybridized carbons (Fsp3) is 0.222. The molecule has 3 N–H and O–H groups in total. The zero-order valence-corrected chi connectivity index (χ0v) is 9.61. The van der Waals surface area contributed by atoms with Crippen molar-refractivity contribution >= 4 is 33.6 Å². The molecule has 7 heteroatoms. The Balaban J connectivity index is 2.26. The molecule has 0 radical (unpaired) electrons. The molecule has 1 unspecified atom stereocenters. The van der Waals surface area contributed by atoms with Gasteiger partial charge < -0.3 is 15.7 Å². The number of halogens is 1. The van der Waals surface area contributed by atoms with Crippen molar-refractivity contribution in [3.63, 3.8) is 0 Å². The lowest BCUT2D eigenvalue weighted by Crippen LogP contribution is -2.47. The van der Waals surface area contributed by atoms with Gasteiger partial charge in [0.1, 0.15) is 10.6 Å². The Kier molecular flexibility index (Phi) is 2.78. The number of carbonyl (C=O) groups excluding carboxylic acids is 1. The first-order valence-corrected chi connectivity index (χ1v) is 5.31. The lowest BCUT2D eigenvalue weighted by Gasteiger charge is -2.23. The number of anilines is 1. The minimum atomic E-state index is -1.22. The van der Waals surface area contributed by atoms with Crippen molar-refractivity contribution < 1.29 is 14.7 Å². The summed E-state index contributed by atoms with van der Waals surface area (Å²) in [5.74, 6) is -0.362. The molecule has 0 saturated carbocycles. The summed E-state index contributed by atoms with van der Waals surface area (Å²) in [5, 5.41) is 13.3. The molecule has 0 saturated heterocycles. The van der Waals surface area contributed by atoms with E-state index >= 15 is 0 Å². The topological polar surface area (TPSA) is 91.3 Å². The van der Waals surface area contributed by atoms with Crippen LogP contribution in [0.2, 0.25) is 0 Å². The summed E-state index contributed by atoms with van der Waals surface area (Å²) in [4.78, 5) is 26.1. The van der Waals surface area contributed by atoms with E-state index in [2.05, 4.69) is 31.5 Å². The van der Waals surface area contributed by atoms with Crippen molar-refractivity contribution in [2.45, 2.75) is 12.5 Å². The largest absolute Gasteiger partial charge is 0.465 e. The minimum absolute atomic E-state index is 0.257. The zero-order chi connectivity index (χ0) is 11.7. The number of nitrogens with one attached hydrogen (secondary N) is 2. The van der Waals surface area contributed by atoms with Crippen LogP contribution in [0, 0.1) is 0 Å². The quantitative estimate of drug-likeness (QED) is 0.671. The molecule has 2 amide bonds. The van der Waals surface area contributed by atoms with E-state index in [0.29, 0.717) is 16.0 Å². The fourth-order valence-corrected chi connectivity index (χ4v) is 1.86. The number of carboxylic acid groups (broad SMARTS) is 1. The SMILES string of the molecule is O=C(O)NC1Cc2nc(Br)ccc2NC1=O. The molecule has 2 rings (SSSR count). The number of amides is 2. The Morgan fingerprint density at radius 1 is 1.62 bits per heavy atom. The van der Waals surface area contributed by atoms with E-state index in [0.717, 1.165) is 0 Å². The highest BCUT2D eigenvalue weighted by Gasteiger charge is 2.28. The van der Waals surface area contributed by atoms with E-state index in [9.17, 15) is 9.59 Å². The Bertz CT molecular complexity index is 463. The summed E-state index contributed by atoms with van der Waals surface area (Å²) in [7, 11) is 0. The molecular weight excluding hydrogens is 278 g/mol. The van der Waals surface area contributed by atoms with Crippen molar-refractivity contribution in [2.24, 2.45) is 0 Å². The number of fused-ring (bicyclic) bond motifs is 1. The third-order valence-corrected chi connectivity index (χ3v) is 2.65. The molecule has 0 aliphatic carbocycles. The van der Waals surface area contributed by atoms with Gasteiger partial charge in [0.25, 0.3) is 0 Å². The lowest BCUT2D eigenvalue weighted by molar-refractivity contribution is -0.118. The molecule has 0 bridgehead atoms. The average molecular weight is 286 g/mol. The molecule has 1 atom stereocenters. The van der Waals surface area contributed by atoms with Crippen molar-refractivity contribution in [1.82, 2.24) is 10.3 Å². The van der Waals surface area contributed by atoms with Gasteiger partial charge in [-0.05, 0) is 28.1 Å². The van der Waals surface area contributed by atoms with Crippen molar-refractivity contribution in [3.8, 4) is 0 Å². The van der Waals surface area contributed by atoms with Crippen LogP contribution < -0.4 is 10.6 Å². The number of hydrogen-bond donors (Lipinski definition) is 3. The van der Waals surface area contributed by atoms with Crippen LogP contribution in [-0.4, -0.2) is 28.1 Å². The van der Waals surface area contributed by atoms with E-state index < -0.39 is 12.1 Å². The highest BCUT2D eigenvalue weighted by molar-refractivity contribution is 9.10. The van der Waals surface area contributed by atoms with Crippen molar-refractivity contribution in [1.29, 1.82) is 0 Å². The maximum atomic E-state index is 11.5. The summed E-state index contributed by atoms with van der Waals surface area (Å²) >= 11 is 3.22. The standard InChI is InChI=1S/C9H8BrN3O3/c10-7-2-1-4-5(11-7)3-6(8(14)12-4)13-9(15)16/h1-2,6,13H,3H2,(H,12,14)(H,15,16). The summed E-state index contributed by atoms with van der Waals surface area (Å²) in [6.45, 7) is 0. The summed E-state index contributed by atoms with van der Waals surface area (Å²) < 4.78 is 0.650. The first-order chi connectivity index (χ1) is 7.56. The van der Waals surface area contributed by atoms with E-state index in [1.54, 1.807) is 12.1 Å². The molecule has 1 aromatic heterocycles. The van der Waals surface area contributed by atoms with Gasteiger partial charge >= 0.3 is 6.09 Å². The van der Waals surface area contributed by atoms with Gasteiger partial charge in [0.2, 0.25) is 5.91 Å². The van der Waals surface area contributed by atoms with Crippen molar-refractivity contribution in [3.05, 3.63) is 22.4 Å². The van der Waals surface area contributed by atoms with Gasteiger partial charge in [-0.1, -0.05) is 0 Å². The average Bonchev–Trinajstić information content (AvgIpc) is 2.19. The second-order valence-electron chi connectivity index (χ2n) is 3.32. The lowest BCUT2D eigenvalue weighted by atomic mass is 10.0. The van der Waals surface area contributed by atoms with Crippen LogP contribution in [0.4, 0.5) is 10.5 Å². The third-order valence-electron chi connectivity index (χ3n) is 2.21. The van der Waals surface area contributed by atoms with E-state index in [-0.39, 0.29) is 12.3 Å².